The van der Waals surface area contributed by atoms with Crippen LogP contribution >= 0.6 is 0 Å². The van der Waals surface area contributed by atoms with Gasteiger partial charge in [-0.05, 0) is 49.9 Å². The molecule has 9 nitrogen and oxygen atoms in total. The SMILES string of the molecule is COc1nc(-c2ccc(NC3C[C@H]4CC[C@@H](C3)N4)nn2)ccc1-c1cn(C)nn1. The molecule has 2 N–H and O–H groups in total. The minimum absolute atomic E-state index is 0.457. The van der Waals surface area contributed by atoms with Crippen molar-refractivity contribution in [2.24, 2.45) is 7.05 Å². The van der Waals surface area contributed by atoms with E-state index >= 15 is 0 Å². The zero-order chi connectivity index (χ0) is 19.8. The second-order valence-electron chi connectivity index (χ2n) is 7.79. The second kappa shape index (κ2) is 7.40. The Balaban J connectivity index is 1.33. The van der Waals surface area contributed by atoms with Gasteiger partial charge in [0, 0.05) is 25.2 Å². The highest BCUT2D eigenvalue weighted by Gasteiger charge is 2.33. The fourth-order valence-corrected chi connectivity index (χ4v) is 4.33. The van der Waals surface area contributed by atoms with Crippen molar-refractivity contribution in [3.63, 3.8) is 0 Å². The Morgan fingerprint density at radius 1 is 1.00 bits per heavy atom. The summed E-state index contributed by atoms with van der Waals surface area (Å²) in [6.07, 6.45) is 6.68. The molecule has 2 aliphatic heterocycles. The molecule has 2 saturated heterocycles. The van der Waals surface area contributed by atoms with Crippen LogP contribution in [0.3, 0.4) is 0 Å². The van der Waals surface area contributed by atoms with Crippen molar-refractivity contribution in [2.75, 3.05) is 12.4 Å². The van der Waals surface area contributed by atoms with Gasteiger partial charge < -0.3 is 15.4 Å². The standard InChI is InChI=1S/C20H24N8O/c1-28-11-18(25-27-28)15-5-6-16(23-20(15)29-2)17-7-8-19(26-24-17)22-14-9-12-3-4-13(10-14)21-12/h5-8,11-14,21H,3-4,9-10H2,1-2H3,(H,22,26)/t12-,13+,14?. The first kappa shape index (κ1) is 18.0. The average Bonchev–Trinajstić information content (AvgIpc) is 3.32. The van der Waals surface area contributed by atoms with E-state index in [9.17, 15) is 0 Å². The number of methoxy groups -OCH3 is 1. The number of pyridine rings is 1. The molecule has 0 saturated carbocycles. The van der Waals surface area contributed by atoms with Gasteiger partial charge in [0.25, 0.3) is 0 Å². The van der Waals surface area contributed by atoms with Gasteiger partial charge in [0.05, 0.1) is 24.6 Å². The molecule has 0 radical (unpaired) electrons. The van der Waals surface area contributed by atoms with Crippen LogP contribution in [0.25, 0.3) is 22.6 Å². The molecule has 2 bridgehead atoms. The smallest absolute Gasteiger partial charge is 0.223 e. The van der Waals surface area contributed by atoms with Crippen molar-refractivity contribution in [3.05, 3.63) is 30.5 Å². The van der Waals surface area contributed by atoms with Gasteiger partial charge in [0.2, 0.25) is 5.88 Å². The first-order valence-corrected chi connectivity index (χ1v) is 9.96. The minimum Gasteiger partial charge on any atom is -0.480 e. The number of hydrogen-bond acceptors (Lipinski definition) is 8. The first-order chi connectivity index (χ1) is 14.2. The van der Waals surface area contributed by atoms with Crippen LogP contribution in [0, 0.1) is 0 Å². The normalized spacial score (nSPS) is 23.2. The molecule has 2 aliphatic rings. The van der Waals surface area contributed by atoms with E-state index in [0.29, 0.717) is 41.1 Å². The van der Waals surface area contributed by atoms with E-state index < -0.39 is 0 Å². The van der Waals surface area contributed by atoms with Crippen LogP contribution in [-0.4, -0.2) is 55.4 Å². The van der Waals surface area contributed by atoms with Crippen molar-refractivity contribution in [1.29, 1.82) is 0 Å². The Morgan fingerprint density at radius 3 is 2.45 bits per heavy atom. The third kappa shape index (κ3) is 3.65. The number of nitrogens with zero attached hydrogens (tertiary/aromatic N) is 6. The molecule has 5 heterocycles. The molecular weight excluding hydrogens is 368 g/mol. The van der Waals surface area contributed by atoms with E-state index in [1.165, 1.54) is 12.8 Å². The number of aryl methyl sites for hydroxylation is 1. The van der Waals surface area contributed by atoms with Gasteiger partial charge in [-0.3, -0.25) is 4.68 Å². The Hall–Kier alpha value is -3.07. The highest BCUT2D eigenvalue weighted by atomic mass is 16.5. The molecule has 3 atom stereocenters. The van der Waals surface area contributed by atoms with Gasteiger partial charge in [-0.15, -0.1) is 15.3 Å². The summed E-state index contributed by atoms with van der Waals surface area (Å²) < 4.78 is 7.11. The molecule has 0 spiro atoms. The fourth-order valence-electron chi connectivity index (χ4n) is 4.33. The molecule has 2 fully saturated rings. The van der Waals surface area contributed by atoms with E-state index in [2.05, 4.69) is 36.1 Å². The van der Waals surface area contributed by atoms with Gasteiger partial charge in [-0.25, -0.2) is 4.98 Å². The maximum Gasteiger partial charge on any atom is 0.223 e. The monoisotopic (exact) mass is 392 g/mol. The van der Waals surface area contributed by atoms with Gasteiger partial charge in [0.15, 0.2) is 0 Å². The summed E-state index contributed by atoms with van der Waals surface area (Å²) in [7, 11) is 3.42. The molecule has 9 heteroatoms. The van der Waals surface area contributed by atoms with Gasteiger partial charge in [-0.2, -0.15) is 0 Å². The van der Waals surface area contributed by atoms with Gasteiger partial charge in [0.1, 0.15) is 17.2 Å². The van der Waals surface area contributed by atoms with E-state index in [1.807, 2.05) is 37.5 Å². The summed E-state index contributed by atoms with van der Waals surface area (Å²) in [4.78, 5) is 4.59. The summed E-state index contributed by atoms with van der Waals surface area (Å²) >= 11 is 0. The number of ether oxygens (including phenoxy) is 1. The van der Waals surface area contributed by atoms with Crippen LogP contribution in [-0.2, 0) is 7.05 Å². The Kier molecular flexibility index (Phi) is 4.59. The van der Waals surface area contributed by atoms with E-state index in [4.69, 9.17) is 4.74 Å². The quantitative estimate of drug-likeness (QED) is 0.680. The number of anilines is 1. The van der Waals surface area contributed by atoms with E-state index in [-0.39, 0.29) is 0 Å². The van der Waals surface area contributed by atoms with Crippen molar-refractivity contribution in [1.82, 2.24) is 35.5 Å². The van der Waals surface area contributed by atoms with Crippen molar-refractivity contribution >= 4 is 5.82 Å². The van der Waals surface area contributed by atoms with Crippen LogP contribution in [0.15, 0.2) is 30.5 Å². The summed E-state index contributed by atoms with van der Waals surface area (Å²) in [6, 6.07) is 9.47. The van der Waals surface area contributed by atoms with Crippen molar-refractivity contribution in [2.45, 2.75) is 43.8 Å². The summed E-state index contributed by atoms with van der Waals surface area (Å²) in [5.74, 6) is 1.29. The molecule has 0 amide bonds. The topological polar surface area (TPSA) is 103 Å². The average molecular weight is 392 g/mol. The Labute approximate surface area is 168 Å². The van der Waals surface area contributed by atoms with Gasteiger partial charge >= 0.3 is 0 Å². The van der Waals surface area contributed by atoms with Crippen molar-refractivity contribution < 1.29 is 4.74 Å². The van der Waals surface area contributed by atoms with Crippen LogP contribution in [0.2, 0.25) is 0 Å². The van der Waals surface area contributed by atoms with Gasteiger partial charge in [-0.1, -0.05) is 5.21 Å². The molecule has 150 valence electrons. The number of aromatic nitrogens is 6. The van der Waals surface area contributed by atoms with E-state index in [0.717, 1.165) is 24.2 Å². The summed E-state index contributed by atoms with van der Waals surface area (Å²) in [5.41, 5.74) is 2.90. The predicted octanol–water partition coefficient (Wildman–Crippen LogP) is 2.04. The molecule has 1 unspecified atom stereocenters. The largest absolute Gasteiger partial charge is 0.480 e. The zero-order valence-corrected chi connectivity index (χ0v) is 16.5. The lowest BCUT2D eigenvalue weighted by Crippen LogP contribution is -2.43. The zero-order valence-electron chi connectivity index (χ0n) is 16.5. The fraction of sp³-hybridized carbons (Fsp3) is 0.450. The van der Waals surface area contributed by atoms with Crippen LogP contribution in [0.5, 0.6) is 5.88 Å². The molecule has 0 aromatic carbocycles. The lowest BCUT2D eigenvalue weighted by atomic mass is 10.00. The van der Waals surface area contributed by atoms with Crippen LogP contribution in [0.4, 0.5) is 5.82 Å². The molecule has 0 aliphatic carbocycles. The van der Waals surface area contributed by atoms with Crippen molar-refractivity contribution in [3.8, 4) is 28.5 Å². The number of rotatable bonds is 5. The minimum atomic E-state index is 0.457. The maximum absolute atomic E-state index is 5.47. The summed E-state index contributed by atoms with van der Waals surface area (Å²) in [6.45, 7) is 0. The summed E-state index contributed by atoms with van der Waals surface area (Å²) in [5, 5.41) is 24.0. The molecule has 29 heavy (non-hydrogen) atoms. The van der Waals surface area contributed by atoms with E-state index in [1.54, 1.807) is 11.8 Å². The number of piperidine rings is 1. The van der Waals surface area contributed by atoms with Crippen LogP contribution < -0.4 is 15.4 Å². The maximum atomic E-state index is 5.47. The number of fused-ring (bicyclic) bond motifs is 2. The predicted molar refractivity (Wildman–Crippen MR) is 108 cm³/mol. The number of hydrogen-bond donors (Lipinski definition) is 2. The molecular formula is C20H24N8O. The molecule has 5 rings (SSSR count). The lowest BCUT2D eigenvalue weighted by Gasteiger charge is -2.29. The lowest BCUT2D eigenvalue weighted by molar-refractivity contribution is 0.377. The highest BCUT2D eigenvalue weighted by Crippen LogP contribution is 2.30. The third-order valence-corrected chi connectivity index (χ3v) is 5.68. The number of nitrogens with one attached hydrogen (secondary N) is 2. The Bertz CT molecular complexity index is 990. The van der Waals surface area contributed by atoms with Crippen LogP contribution in [0.1, 0.15) is 25.7 Å². The first-order valence-electron chi connectivity index (χ1n) is 9.96. The highest BCUT2D eigenvalue weighted by molar-refractivity contribution is 5.68. The Morgan fingerprint density at radius 2 is 1.79 bits per heavy atom. The third-order valence-electron chi connectivity index (χ3n) is 5.68. The second-order valence-corrected chi connectivity index (χ2v) is 7.79. The molecule has 3 aromatic heterocycles. The molecule has 3 aromatic rings.